The van der Waals surface area contributed by atoms with Crippen molar-refractivity contribution in [1.29, 1.82) is 0 Å². The van der Waals surface area contributed by atoms with Gasteiger partial charge >= 0.3 is 5.97 Å². The van der Waals surface area contributed by atoms with Gasteiger partial charge in [-0.05, 0) is 53.4 Å². The van der Waals surface area contributed by atoms with Crippen molar-refractivity contribution in [3.05, 3.63) is 28.2 Å². The summed E-state index contributed by atoms with van der Waals surface area (Å²) in [7, 11) is -3.92. The molecule has 0 unspecified atom stereocenters. The number of Topliss-reactive ketones (excluding diaryl/α,β-unsaturated/α-hetero) is 1. The molecule has 1 fully saturated rings. The highest BCUT2D eigenvalue weighted by atomic mass is 79.9. The predicted octanol–water partition coefficient (Wildman–Crippen LogP) is 1.77. The molecule has 1 aromatic carbocycles. The minimum absolute atomic E-state index is 0.0277. The van der Waals surface area contributed by atoms with E-state index < -0.39 is 22.1 Å². The zero-order valence-electron chi connectivity index (χ0n) is 11.0. The van der Waals surface area contributed by atoms with Crippen molar-refractivity contribution in [2.75, 3.05) is 0 Å². The van der Waals surface area contributed by atoms with Gasteiger partial charge in [-0.2, -0.15) is 0 Å². The zero-order chi connectivity index (χ0) is 15.6. The molecule has 1 aliphatic rings. The van der Waals surface area contributed by atoms with Crippen molar-refractivity contribution >= 4 is 37.7 Å². The van der Waals surface area contributed by atoms with E-state index >= 15 is 0 Å². The van der Waals surface area contributed by atoms with Gasteiger partial charge < -0.3 is 4.74 Å². The van der Waals surface area contributed by atoms with Crippen LogP contribution in [-0.4, -0.2) is 26.3 Å². The van der Waals surface area contributed by atoms with Crippen LogP contribution in [0.2, 0.25) is 0 Å². The van der Waals surface area contributed by atoms with E-state index in [2.05, 4.69) is 15.9 Å². The number of ether oxygens (including phenoxy) is 1. The van der Waals surface area contributed by atoms with Gasteiger partial charge in [0.2, 0.25) is 10.0 Å². The molecular formula is C13H14BrNO5S. The van der Waals surface area contributed by atoms with Gasteiger partial charge in [-0.1, -0.05) is 0 Å². The van der Waals surface area contributed by atoms with Crippen LogP contribution in [-0.2, 0) is 19.6 Å². The van der Waals surface area contributed by atoms with Crippen LogP contribution in [0.25, 0.3) is 0 Å². The highest BCUT2D eigenvalue weighted by Crippen LogP contribution is 2.24. The average molecular weight is 376 g/mol. The van der Waals surface area contributed by atoms with E-state index in [1.165, 1.54) is 12.1 Å². The number of nitrogens with two attached hydrogens (primary N) is 1. The molecule has 2 N–H and O–H groups in total. The summed E-state index contributed by atoms with van der Waals surface area (Å²) in [6, 6.07) is 3.82. The molecule has 1 atom stereocenters. The highest BCUT2D eigenvalue weighted by Gasteiger charge is 2.27. The van der Waals surface area contributed by atoms with Crippen molar-refractivity contribution in [2.24, 2.45) is 5.14 Å². The molecule has 0 saturated heterocycles. The molecular weight excluding hydrogens is 362 g/mol. The summed E-state index contributed by atoms with van der Waals surface area (Å²) in [5.74, 6) is -0.846. The number of hydrogen-bond donors (Lipinski definition) is 1. The van der Waals surface area contributed by atoms with Crippen LogP contribution in [0.4, 0.5) is 0 Å². The smallest absolute Gasteiger partial charge is 0.340 e. The second-order valence-corrected chi connectivity index (χ2v) is 7.21. The summed E-state index contributed by atoms with van der Waals surface area (Å²) < 4.78 is 28.2. The Morgan fingerprint density at radius 1 is 1.33 bits per heavy atom. The van der Waals surface area contributed by atoms with E-state index in [0.717, 1.165) is 18.9 Å². The molecule has 2 rings (SSSR count). The SMILES string of the molecule is NS(=O)(=O)c1ccc(Br)c(C(=O)O[C@@H]2CCCCC2=O)c1. The van der Waals surface area contributed by atoms with Gasteiger partial charge in [0.15, 0.2) is 11.9 Å². The van der Waals surface area contributed by atoms with Crippen LogP contribution in [0.3, 0.4) is 0 Å². The van der Waals surface area contributed by atoms with E-state index in [1.54, 1.807) is 0 Å². The first-order valence-electron chi connectivity index (χ1n) is 6.35. The number of halogens is 1. The maximum Gasteiger partial charge on any atom is 0.340 e. The summed E-state index contributed by atoms with van der Waals surface area (Å²) in [6.07, 6.45) is 1.77. The molecule has 1 aliphatic carbocycles. The number of primary sulfonamides is 1. The van der Waals surface area contributed by atoms with Crippen LogP contribution in [0.15, 0.2) is 27.6 Å². The van der Waals surface area contributed by atoms with Crippen molar-refractivity contribution in [3.63, 3.8) is 0 Å². The van der Waals surface area contributed by atoms with Gasteiger partial charge in [-0.3, -0.25) is 4.79 Å². The van der Waals surface area contributed by atoms with Crippen molar-refractivity contribution in [1.82, 2.24) is 0 Å². The Hall–Kier alpha value is -1.25. The Morgan fingerprint density at radius 3 is 2.67 bits per heavy atom. The van der Waals surface area contributed by atoms with Gasteiger partial charge in [0, 0.05) is 10.9 Å². The van der Waals surface area contributed by atoms with E-state index in [9.17, 15) is 18.0 Å². The molecule has 0 spiro atoms. The zero-order valence-corrected chi connectivity index (χ0v) is 13.4. The van der Waals surface area contributed by atoms with E-state index in [1.807, 2.05) is 0 Å². The largest absolute Gasteiger partial charge is 0.451 e. The first-order valence-corrected chi connectivity index (χ1v) is 8.69. The van der Waals surface area contributed by atoms with Crippen molar-refractivity contribution in [2.45, 2.75) is 36.7 Å². The summed E-state index contributed by atoms with van der Waals surface area (Å²) in [5, 5.41) is 5.03. The molecule has 1 saturated carbocycles. The average Bonchev–Trinajstić information content (AvgIpc) is 2.40. The number of benzene rings is 1. The molecule has 0 heterocycles. The topological polar surface area (TPSA) is 104 Å². The lowest BCUT2D eigenvalue weighted by molar-refractivity contribution is -0.129. The predicted molar refractivity (Wildman–Crippen MR) is 78.2 cm³/mol. The number of esters is 1. The van der Waals surface area contributed by atoms with E-state index in [-0.39, 0.29) is 16.2 Å². The van der Waals surface area contributed by atoms with Crippen LogP contribution in [0.5, 0.6) is 0 Å². The molecule has 0 aromatic heterocycles. The van der Waals surface area contributed by atoms with Gasteiger partial charge in [0.05, 0.1) is 10.5 Å². The molecule has 0 bridgehead atoms. The molecule has 0 radical (unpaired) electrons. The van der Waals surface area contributed by atoms with Crippen molar-refractivity contribution in [3.8, 4) is 0 Å². The number of carbonyl (C=O) groups excluding carboxylic acids is 2. The van der Waals surface area contributed by atoms with Crippen LogP contribution < -0.4 is 5.14 Å². The maximum absolute atomic E-state index is 12.1. The quantitative estimate of drug-likeness (QED) is 0.810. The Kier molecular flexibility index (Phi) is 4.80. The molecule has 0 aliphatic heterocycles. The normalized spacial score (nSPS) is 19.3. The lowest BCUT2D eigenvalue weighted by Gasteiger charge is -2.21. The lowest BCUT2D eigenvalue weighted by Crippen LogP contribution is -2.30. The maximum atomic E-state index is 12.1. The Morgan fingerprint density at radius 2 is 2.05 bits per heavy atom. The van der Waals surface area contributed by atoms with Crippen LogP contribution >= 0.6 is 15.9 Å². The van der Waals surface area contributed by atoms with Gasteiger partial charge in [-0.15, -0.1) is 0 Å². The van der Waals surface area contributed by atoms with Gasteiger partial charge in [0.25, 0.3) is 0 Å². The number of carbonyl (C=O) groups is 2. The molecule has 21 heavy (non-hydrogen) atoms. The summed E-state index contributed by atoms with van der Waals surface area (Å²) in [4.78, 5) is 23.6. The molecule has 6 nitrogen and oxygen atoms in total. The fraction of sp³-hybridized carbons (Fsp3) is 0.385. The fourth-order valence-corrected chi connectivity index (χ4v) is 3.05. The van der Waals surface area contributed by atoms with E-state index in [0.29, 0.717) is 17.3 Å². The van der Waals surface area contributed by atoms with Crippen molar-refractivity contribution < 1.29 is 22.7 Å². The van der Waals surface area contributed by atoms with Gasteiger partial charge in [-0.25, -0.2) is 18.4 Å². The third kappa shape index (κ3) is 3.90. The monoisotopic (exact) mass is 375 g/mol. The standard InChI is InChI=1S/C13H14BrNO5S/c14-10-6-5-8(21(15,18)19)7-9(10)13(17)20-12-4-2-1-3-11(12)16/h5-7,12H,1-4H2,(H2,15,18,19)/t12-/m1/s1. The second kappa shape index (κ2) is 6.25. The second-order valence-electron chi connectivity index (χ2n) is 4.79. The highest BCUT2D eigenvalue weighted by molar-refractivity contribution is 9.10. The number of hydrogen-bond acceptors (Lipinski definition) is 5. The Balaban J connectivity index is 2.24. The number of ketones is 1. The number of rotatable bonds is 3. The van der Waals surface area contributed by atoms with Crippen LogP contribution in [0.1, 0.15) is 36.0 Å². The Bertz CT molecular complexity index is 686. The minimum atomic E-state index is -3.92. The Labute approximate surface area is 130 Å². The van der Waals surface area contributed by atoms with E-state index in [4.69, 9.17) is 9.88 Å². The van der Waals surface area contributed by atoms with Crippen LogP contribution in [0, 0.1) is 0 Å². The summed E-state index contributed by atoms with van der Waals surface area (Å²) in [6.45, 7) is 0. The molecule has 1 aromatic rings. The molecule has 8 heteroatoms. The lowest BCUT2D eigenvalue weighted by atomic mass is 9.96. The molecule has 0 amide bonds. The minimum Gasteiger partial charge on any atom is -0.451 e. The first-order chi connectivity index (χ1) is 9.79. The number of sulfonamides is 1. The third-order valence-corrected chi connectivity index (χ3v) is 4.84. The van der Waals surface area contributed by atoms with Gasteiger partial charge in [0.1, 0.15) is 0 Å². The summed E-state index contributed by atoms with van der Waals surface area (Å²) in [5.41, 5.74) is 0.0277. The first kappa shape index (κ1) is 16.1. The molecule has 114 valence electrons. The third-order valence-electron chi connectivity index (χ3n) is 3.23. The summed E-state index contributed by atoms with van der Waals surface area (Å²) >= 11 is 3.16. The fourth-order valence-electron chi connectivity index (χ4n) is 2.11.